The van der Waals surface area contributed by atoms with E-state index < -0.39 is 12.2 Å². The van der Waals surface area contributed by atoms with Crippen molar-refractivity contribution in [3.63, 3.8) is 0 Å². The number of hydrogen-bond donors (Lipinski definition) is 3. The molecule has 4 nitrogen and oxygen atoms in total. The Kier molecular flexibility index (Phi) is 5.52. The minimum Gasteiger partial charge on any atom is -0.400 e. The van der Waals surface area contributed by atoms with Gasteiger partial charge < -0.3 is 20.1 Å². The molecule has 1 rings (SSSR count). The van der Waals surface area contributed by atoms with Gasteiger partial charge in [0.25, 0.3) is 0 Å². The van der Waals surface area contributed by atoms with E-state index in [2.05, 4.69) is 0 Å². The summed E-state index contributed by atoms with van der Waals surface area (Å²) in [5.74, 6) is 0. The molecule has 0 spiro atoms. The molecule has 3 N–H and O–H groups in total. The van der Waals surface area contributed by atoms with Gasteiger partial charge >= 0.3 is 0 Å². The highest BCUT2D eigenvalue weighted by Crippen LogP contribution is 2.05. The number of aliphatic hydroxyl groups is 3. The maximum Gasteiger partial charge on any atom is 0.0799 e. The van der Waals surface area contributed by atoms with Crippen molar-refractivity contribution in [2.75, 3.05) is 20.3 Å². The van der Waals surface area contributed by atoms with Crippen molar-refractivity contribution in [1.29, 1.82) is 0 Å². The summed E-state index contributed by atoms with van der Waals surface area (Å²) in [4.78, 5) is 0. The summed E-state index contributed by atoms with van der Waals surface area (Å²) in [6.07, 6.45) is -0.461. The van der Waals surface area contributed by atoms with E-state index in [1.807, 2.05) is 0 Å². The van der Waals surface area contributed by atoms with Crippen molar-refractivity contribution in [3.8, 4) is 0 Å². The Morgan fingerprint density at radius 1 is 1.10 bits per heavy atom. The molecule has 1 aliphatic heterocycles. The predicted octanol–water partition coefficient (Wildman–Crippen LogP) is -1.26. The van der Waals surface area contributed by atoms with Crippen molar-refractivity contribution in [2.24, 2.45) is 0 Å². The summed E-state index contributed by atoms with van der Waals surface area (Å²) in [6.45, 7) is 0.744. The standard InChI is InChI=1S/C5H10O3.CH4O/c6-4-1-5(7)3-8-2-4;1-2/h4-7H,1-3H2;2H,1H3. The van der Waals surface area contributed by atoms with E-state index in [1.54, 1.807) is 0 Å². The number of rotatable bonds is 0. The molecule has 0 aromatic carbocycles. The second-order valence-corrected chi connectivity index (χ2v) is 2.08. The summed E-state index contributed by atoms with van der Waals surface area (Å²) in [5, 5.41) is 24.6. The average molecular weight is 150 g/mol. The van der Waals surface area contributed by atoms with Crippen LogP contribution >= 0.6 is 0 Å². The summed E-state index contributed by atoms with van der Waals surface area (Å²) in [7, 11) is 1.00. The van der Waals surface area contributed by atoms with Crippen LogP contribution in [0.5, 0.6) is 0 Å². The quantitative estimate of drug-likeness (QED) is 0.403. The Balaban J connectivity index is 0.000000371. The SMILES string of the molecule is CO.OC1COCC(O)C1. The first-order chi connectivity index (χ1) is 4.79. The molecule has 0 aromatic rings. The molecule has 2 atom stereocenters. The highest BCUT2D eigenvalue weighted by atomic mass is 16.5. The Bertz CT molecular complexity index is 68.1. The minimum absolute atomic E-state index is 0.372. The summed E-state index contributed by atoms with van der Waals surface area (Å²) >= 11 is 0. The molecule has 1 aliphatic rings. The molecule has 0 saturated carbocycles. The molecule has 10 heavy (non-hydrogen) atoms. The third-order valence-electron chi connectivity index (χ3n) is 1.16. The first-order valence-electron chi connectivity index (χ1n) is 3.17. The van der Waals surface area contributed by atoms with Gasteiger partial charge in [0.15, 0.2) is 0 Å². The van der Waals surface area contributed by atoms with Crippen LogP contribution in [0.1, 0.15) is 6.42 Å². The average Bonchev–Trinajstić information content (AvgIpc) is 1.91. The van der Waals surface area contributed by atoms with Gasteiger partial charge in [0, 0.05) is 13.5 Å². The van der Waals surface area contributed by atoms with Crippen LogP contribution < -0.4 is 0 Å². The number of hydrogen-bond acceptors (Lipinski definition) is 4. The van der Waals surface area contributed by atoms with Gasteiger partial charge in [-0.2, -0.15) is 0 Å². The molecule has 62 valence electrons. The summed E-state index contributed by atoms with van der Waals surface area (Å²) < 4.78 is 4.79. The topological polar surface area (TPSA) is 69.9 Å². The fourth-order valence-electron chi connectivity index (χ4n) is 0.790. The Labute approximate surface area is 60.1 Å². The van der Waals surface area contributed by atoms with E-state index in [9.17, 15) is 0 Å². The maximum atomic E-state index is 8.79. The van der Waals surface area contributed by atoms with Crippen molar-refractivity contribution in [3.05, 3.63) is 0 Å². The molecule has 1 saturated heterocycles. The van der Waals surface area contributed by atoms with E-state index in [0.29, 0.717) is 19.6 Å². The van der Waals surface area contributed by atoms with Gasteiger partial charge in [-0.05, 0) is 0 Å². The van der Waals surface area contributed by atoms with Gasteiger partial charge in [-0.1, -0.05) is 0 Å². The molecule has 2 unspecified atom stereocenters. The summed E-state index contributed by atoms with van der Waals surface area (Å²) in [6, 6.07) is 0. The monoisotopic (exact) mass is 150 g/mol. The first kappa shape index (κ1) is 9.84. The van der Waals surface area contributed by atoms with E-state index in [0.717, 1.165) is 7.11 Å². The van der Waals surface area contributed by atoms with Crippen LogP contribution in [-0.2, 0) is 4.74 Å². The van der Waals surface area contributed by atoms with Crippen molar-refractivity contribution in [1.82, 2.24) is 0 Å². The zero-order valence-electron chi connectivity index (χ0n) is 6.03. The van der Waals surface area contributed by atoms with E-state index >= 15 is 0 Å². The normalized spacial score (nSPS) is 32.4. The largest absolute Gasteiger partial charge is 0.400 e. The van der Waals surface area contributed by atoms with Gasteiger partial charge in [-0.15, -0.1) is 0 Å². The predicted molar refractivity (Wildman–Crippen MR) is 35.6 cm³/mol. The second kappa shape index (κ2) is 5.61. The molecule has 1 heterocycles. The molecule has 0 bridgehead atoms. The smallest absolute Gasteiger partial charge is 0.0799 e. The molecular weight excluding hydrogens is 136 g/mol. The van der Waals surface area contributed by atoms with Gasteiger partial charge in [-0.3, -0.25) is 0 Å². The van der Waals surface area contributed by atoms with Crippen molar-refractivity contribution < 1.29 is 20.1 Å². The fraction of sp³-hybridized carbons (Fsp3) is 1.00. The number of aliphatic hydroxyl groups excluding tert-OH is 3. The Morgan fingerprint density at radius 2 is 1.50 bits per heavy atom. The van der Waals surface area contributed by atoms with Crippen LogP contribution in [0.25, 0.3) is 0 Å². The van der Waals surface area contributed by atoms with E-state index in [4.69, 9.17) is 20.1 Å². The lowest BCUT2D eigenvalue weighted by Crippen LogP contribution is -2.32. The van der Waals surface area contributed by atoms with Gasteiger partial charge in [-0.25, -0.2) is 0 Å². The molecule has 4 heteroatoms. The highest BCUT2D eigenvalue weighted by Gasteiger charge is 2.17. The van der Waals surface area contributed by atoms with E-state index in [-0.39, 0.29) is 0 Å². The van der Waals surface area contributed by atoms with Gasteiger partial charge in [0.1, 0.15) is 0 Å². The molecular formula is C6H14O4. The van der Waals surface area contributed by atoms with Crippen LogP contribution in [0.2, 0.25) is 0 Å². The molecule has 0 amide bonds. The minimum atomic E-state index is -0.459. The van der Waals surface area contributed by atoms with Gasteiger partial charge in [0.2, 0.25) is 0 Å². The van der Waals surface area contributed by atoms with Crippen LogP contribution in [0.3, 0.4) is 0 Å². The van der Waals surface area contributed by atoms with Crippen LogP contribution in [0, 0.1) is 0 Å². The molecule has 0 radical (unpaired) electrons. The fourth-order valence-corrected chi connectivity index (χ4v) is 0.790. The lowest BCUT2D eigenvalue weighted by atomic mass is 10.1. The molecule has 1 fully saturated rings. The third kappa shape index (κ3) is 3.79. The van der Waals surface area contributed by atoms with Crippen molar-refractivity contribution in [2.45, 2.75) is 18.6 Å². The lowest BCUT2D eigenvalue weighted by molar-refractivity contribution is -0.0714. The van der Waals surface area contributed by atoms with Crippen LogP contribution in [0.4, 0.5) is 0 Å². The van der Waals surface area contributed by atoms with Gasteiger partial charge in [0.05, 0.1) is 25.4 Å². The summed E-state index contributed by atoms with van der Waals surface area (Å²) in [5.41, 5.74) is 0. The van der Waals surface area contributed by atoms with Crippen LogP contribution in [0.15, 0.2) is 0 Å². The Morgan fingerprint density at radius 3 is 1.70 bits per heavy atom. The highest BCUT2D eigenvalue weighted by molar-refractivity contribution is 4.66. The lowest BCUT2D eigenvalue weighted by Gasteiger charge is -2.21. The zero-order valence-corrected chi connectivity index (χ0v) is 6.03. The first-order valence-corrected chi connectivity index (χ1v) is 3.17. The third-order valence-corrected chi connectivity index (χ3v) is 1.16. The maximum absolute atomic E-state index is 8.79. The van der Waals surface area contributed by atoms with Crippen molar-refractivity contribution >= 4 is 0 Å². The molecule has 0 aromatic heterocycles. The number of ether oxygens (including phenoxy) is 1. The second-order valence-electron chi connectivity index (χ2n) is 2.08. The molecule has 0 aliphatic carbocycles. The van der Waals surface area contributed by atoms with E-state index in [1.165, 1.54) is 0 Å². The Hall–Kier alpha value is -0.160. The zero-order chi connectivity index (χ0) is 7.98. The van der Waals surface area contributed by atoms with Crippen LogP contribution in [-0.4, -0.2) is 47.9 Å².